The molecule has 18 heavy (non-hydrogen) atoms. The lowest BCUT2D eigenvalue weighted by Gasteiger charge is -2.11. The molecule has 0 aromatic heterocycles. The molecule has 0 heterocycles. The van der Waals surface area contributed by atoms with E-state index in [2.05, 4.69) is 15.5 Å². The normalized spacial score (nSPS) is 12.3. The number of hydrogen-bond acceptors (Lipinski definition) is 2. The maximum atomic E-state index is 11.8. The van der Waals surface area contributed by atoms with Gasteiger partial charge in [0.15, 0.2) is 13.2 Å². The molecular weight excluding hydrogens is 266 g/mol. The molecule has 0 saturated carbocycles. The van der Waals surface area contributed by atoms with Gasteiger partial charge in [0.25, 0.3) is 0 Å². The van der Waals surface area contributed by atoms with E-state index in [1.165, 1.54) is 6.07 Å². The summed E-state index contributed by atoms with van der Waals surface area (Å²) in [6, 6.07) is 5.61. The fourth-order valence-electron chi connectivity index (χ4n) is 0.915. The summed E-state index contributed by atoms with van der Waals surface area (Å²) in [5, 5.41) is 0. The summed E-state index contributed by atoms with van der Waals surface area (Å²) < 4.78 is 79.6. The third-order valence-corrected chi connectivity index (χ3v) is 1.52. The molecule has 1 radical (unpaired) electrons. The zero-order chi connectivity index (χ0) is 13.8. The van der Waals surface area contributed by atoms with Crippen LogP contribution in [0, 0.1) is 6.07 Å². The average molecular weight is 273 g/mol. The lowest BCUT2D eigenvalue weighted by Crippen LogP contribution is -2.20. The largest absolute Gasteiger partial charge is 0.483 e. The van der Waals surface area contributed by atoms with Crippen molar-refractivity contribution in [2.24, 2.45) is 0 Å². The molecule has 1 rings (SSSR count). The molecule has 0 aliphatic carbocycles. The van der Waals surface area contributed by atoms with E-state index in [1.54, 1.807) is 0 Å². The SMILES string of the molecule is FC(F)(F)COc1[c]c(OCC(F)(F)F)ccc1. The maximum Gasteiger partial charge on any atom is 0.422 e. The van der Waals surface area contributed by atoms with Crippen LogP contribution in [0.1, 0.15) is 0 Å². The van der Waals surface area contributed by atoms with E-state index in [9.17, 15) is 26.3 Å². The van der Waals surface area contributed by atoms with E-state index in [1.807, 2.05) is 0 Å². The van der Waals surface area contributed by atoms with Crippen LogP contribution in [0.3, 0.4) is 0 Å². The highest BCUT2D eigenvalue weighted by Gasteiger charge is 2.29. The van der Waals surface area contributed by atoms with Gasteiger partial charge in [0, 0.05) is 0 Å². The van der Waals surface area contributed by atoms with Gasteiger partial charge in [-0.15, -0.1) is 0 Å². The van der Waals surface area contributed by atoms with E-state index >= 15 is 0 Å². The van der Waals surface area contributed by atoms with E-state index < -0.39 is 25.6 Å². The molecule has 0 saturated heterocycles. The fraction of sp³-hybridized carbons (Fsp3) is 0.400. The Kier molecular flexibility index (Phi) is 4.31. The van der Waals surface area contributed by atoms with Crippen molar-refractivity contribution in [3.63, 3.8) is 0 Å². The zero-order valence-electron chi connectivity index (χ0n) is 8.73. The van der Waals surface area contributed by atoms with Crippen molar-refractivity contribution in [1.82, 2.24) is 0 Å². The first-order valence-electron chi connectivity index (χ1n) is 4.57. The highest BCUT2D eigenvalue weighted by molar-refractivity contribution is 5.31. The first kappa shape index (κ1) is 14.5. The predicted octanol–water partition coefficient (Wildman–Crippen LogP) is 3.37. The molecule has 0 aliphatic heterocycles. The first-order chi connectivity index (χ1) is 8.16. The molecule has 0 unspecified atom stereocenters. The van der Waals surface area contributed by atoms with Gasteiger partial charge in [-0.1, -0.05) is 6.07 Å². The second kappa shape index (κ2) is 5.36. The van der Waals surface area contributed by atoms with Crippen LogP contribution in [-0.2, 0) is 0 Å². The topological polar surface area (TPSA) is 18.5 Å². The number of rotatable bonds is 4. The quantitative estimate of drug-likeness (QED) is 0.783. The van der Waals surface area contributed by atoms with Crippen LogP contribution in [0.25, 0.3) is 0 Å². The smallest absolute Gasteiger partial charge is 0.422 e. The summed E-state index contributed by atoms with van der Waals surface area (Å²) in [6.07, 6.45) is -9.06. The van der Waals surface area contributed by atoms with Crippen LogP contribution in [-0.4, -0.2) is 25.6 Å². The highest BCUT2D eigenvalue weighted by atomic mass is 19.4. The van der Waals surface area contributed by atoms with Crippen molar-refractivity contribution in [1.29, 1.82) is 0 Å². The van der Waals surface area contributed by atoms with Crippen LogP contribution >= 0.6 is 0 Å². The first-order valence-corrected chi connectivity index (χ1v) is 4.57. The van der Waals surface area contributed by atoms with Crippen molar-refractivity contribution >= 4 is 0 Å². The molecule has 2 nitrogen and oxygen atoms in total. The Morgan fingerprint density at radius 1 is 0.833 bits per heavy atom. The van der Waals surface area contributed by atoms with Crippen LogP contribution in [0.2, 0.25) is 0 Å². The van der Waals surface area contributed by atoms with Crippen molar-refractivity contribution in [2.45, 2.75) is 12.4 Å². The Morgan fingerprint density at radius 2 is 1.22 bits per heavy atom. The molecule has 8 heteroatoms. The Labute approximate surface area is 98.1 Å². The second-order valence-electron chi connectivity index (χ2n) is 3.19. The zero-order valence-corrected chi connectivity index (χ0v) is 8.73. The molecule has 101 valence electrons. The average Bonchev–Trinajstić information content (AvgIpc) is 2.22. The van der Waals surface area contributed by atoms with Gasteiger partial charge in [0.1, 0.15) is 11.5 Å². The minimum atomic E-state index is -4.53. The monoisotopic (exact) mass is 273 g/mol. The highest BCUT2D eigenvalue weighted by Crippen LogP contribution is 2.23. The second-order valence-corrected chi connectivity index (χ2v) is 3.19. The lowest BCUT2D eigenvalue weighted by atomic mass is 10.3. The lowest BCUT2D eigenvalue weighted by molar-refractivity contribution is -0.154. The summed E-state index contributed by atoms with van der Waals surface area (Å²) >= 11 is 0. The molecule has 0 aliphatic rings. The minimum absolute atomic E-state index is 0.341. The Balaban J connectivity index is 2.57. The Morgan fingerprint density at radius 3 is 1.56 bits per heavy atom. The number of halogens is 6. The van der Waals surface area contributed by atoms with Gasteiger partial charge in [-0.2, -0.15) is 26.3 Å². The van der Waals surface area contributed by atoms with Gasteiger partial charge in [0.05, 0.1) is 6.07 Å². The van der Waals surface area contributed by atoms with Crippen LogP contribution < -0.4 is 9.47 Å². The van der Waals surface area contributed by atoms with Crippen molar-refractivity contribution in [3.8, 4) is 11.5 Å². The predicted molar refractivity (Wildman–Crippen MR) is 48.4 cm³/mol. The summed E-state index contributed by atoms with van der Waals surface area (Å²) in [7, 11) is 0. The summed E-state index contributed by atoms with van der Waals surface area (Å²) in [4.78, 5) is 0. The number of alkyl halides is 6. The van der Waals surface area contributed by atoms with E-state index in [-0.39, 0.29) is 11.5 Å². The van der Waals surface area contributed by atoms with Crippen molar-refractivity contribution < 1.29 is 35.8 Å². The van der Waals surface area contributed by atoms with Gasteiger partial charge < -0.3 is 9.47 Å². The van der Waals surface area contributed by atoms with Gasteiger partial charge in [-0.25, -0.2) is 0 Å². The van der Waals surface area contributed by atoms with E-state index in [0.29, 0.717) is 0 Å². The van der Waals surface area contributed by atoms with Crippen molar-refractivity contribution in [3.05, 3.63) is 24.3 Å². The molecule has 1 aromatic carbocycles. The van der Waals surface area contributed by atoms with E-state index in [0.717, 1.165) is 12.1 Å². The summed E-state index contributed by atoms with van der Waals surface area (Å²) in [5.74, 6) is -0.681. The Hall–Kier alpha value is -1.60. The third kappa shape index (κ3) is 6.21. The third-order valence-electron chi connectivity index (χ3n) is 1.52. The van der Waals surface area contributed by atoms with Gasteiger partial charge in [-0.05, 0) is 12.1 Å². The molecular formula is C10H7F6O2. The molecule has 0 fully saturated rings. The Bertz CT molecular complexity index is 351. The van der Waals surface area contributed by atoms with Crippen LogP contribution in [0.4, 0.5) is 26.3 Å². The molecule has 0 amide bonds. The minimum Gasteiger partial charge on any atom is -0.483 e. The van der Waals surface area contributed by atoms with Gasteiger partial charge >= 0.3 is 12.4 Å². The molecule has 0 bridgehead atoms. The number of benzene rings is 1. The number of ether oxygens (including phenoxy) is 2. The molecule has 0 spiro atoms. The fourth-order valence-corrected chi connectivity index (χ4v) is 0.915. The summed E-state index contributed by atoms with van der Waals surface area (Å²) in [6.45, 7) is -3.10. The molecule has 0 atom stereocenters. The van der Waals surface area contributed by atoms with Crippen LogP contribution in [0.5, 0.6) is 11.5 Å². The molecule has 0 N–H and O–H groups in total. The van der Waals surface area contributed by atoms with E-state index in [4.69, 9.17) is 0 Å². The molecule has 1 aromatic rings. The van der Waals surface area contributed by atoms with Gasteiger partial charge in [-0.3, -0.25) is 0 Å². The van der Waals surface area contributed by atoms with Gasteiger partial charge in [0.2, 0.25) is 0 Å². The van der Waals surface area contributed by atoms with Crippen LogP contribution in [0.15, 0.2) is 18.2 Å². The number of hydrogen-bond donors (Lipinski definition) is 0. The maximum absolute atomic E-state index is 11.8. The summed E-state index contributed by atoms with van der Waals surface area (Å²) in [5.41, 5.74) is 0. The van der Waals surface area contributed by atoms with Crippen molar-refractivity contribution in [2.75, 3.05) is 13.2 Å². The standard InChI is InChI=1S/C10H7F6O2/c11-9(12,13)5-17-7-2-1-3-8(4-7)18-6-10(14,15)16/h1-3H,5-6H2.